The number of ether oxygens (including phenoxy) is 1. The van der Waals surface area contributed by atoms with E-state index in [9.17, 15) is 0 Å². The number of nitrogens with zero attached hydrogens (tertiary/aromatic N) is 1. The Kier molecular flexibility index (Phi) is 6.32. The maximum atomic E-state index is 6.14. The molecule has 1 aromatic rings. The van der Waals surface area contributed by atoms with Gasteiger partial charge in [-0.25, -0.2) is 0 Å². The average Bonchev–Trinajstić information content (AvgIpc) is 2.38. The third-order valence-corrected chi connectivity index (χ3v) is 3.82. The topological polar surface area (TPSA) is 38.5 Å². The number of hydrogen-bond acceptors (Lipinski definition) is 3. The first-order valence-electron chi connectivity index (χ1n) is 7.03. The highest BCUT2D eigenvalue weighted by Gasteiger charge is 2.16. The average molecular weight is 264 g/mol. The molecule has 0 aliphatic carbocycles. The molecule has 0 amide bonds. The maximum absolute atomic E-state index is 6.14. The third kappa shape index (κ3) is 4.84. The van der Waals surface area contributed by atoms with Crippen molar-refractivity contribution < 1.29 is 4.74 Å². The van der Waals surface area contributed by atoms with E-state index in [0.717, 1.165) is 18.7 Å². The lowest BCUT2D eigenvalue weighted by Gasteiger charge is -2.29. The van der Waals surface area contributed by atoms with Gasteiger partial charge in [0, 0.05) is 18.6 Å². The van der Waals surface area contributed by atoms with Gasteiger partial charge in [-0.3, -0.25) is 0 Å². The minimum absolute atomic E-state index is 0.227. The lowest BCUT2D eigenvalue weighted by molar-refractivity contribution is 0.223. The van der Waals surface area contributed by atoms with E-state index in [4.69, 9.17) is 10.5 Å². The van der Waals surface area contributed by atoms with Crippen molar-refractivity contribution in [2.45, 2.75) is 39.3 Å². The summed E-state index contributed by atoms with van der Waals surface area (Å²) in [6.07, 6.45) is 0.978. The van der Waals surface area contributed by atoms with Gasteiger partial charge in [-0.05, 0) is 37.9 Å². The molecule has 0 saturated carbocycles. The van der Waals surface area contributed by atoms with Crippen molar-refractivity contribution >= 4 is 0 Å². The van der Waals surface area contributed by atoms with Gasteiger partial charge in [-0.15, -0.1) is 0 Å². The van der Waals surface area contributed by atoms with Crippen LogP contribution in [-0.2, 0) is 6.42 Å². The van der Waals surface area contributed by atoms with Crippen LogP contribution in [0.5, 0.6) is 5.75 Å². The minimum Gasteiger partial charge on any atom is -0.496 e. The van der Waals surface area contributed by atoms with E-state index in [1.54, 1.807) is 7.11 Å². The van der Waals surface area contributed by atoms with Crippen molar-refractivity contribution in [2.75, 3.05) is 20.7 Å². The Morgan fingerprint density at radius 2 is 1.84 bits per heavy atom. The van der Waals surface area contributed by atoms with Crippen LogP contribution in [0.15, 0.2) is 24.3 Å². The molecule has 3 nitrogen and oxygen atoms in total. The van der Waals surface area contributed by atoms with Crippen molar-refractivity contribution in [2.24, 2.45) is 11.7 Å². The quantitative estimate of drug-likeness (QED) is 0.822. The van der Waals surface area contributed by atoms with Crippen LogP contribution in [0.1, 0.15) is 26.3 Å². The molecule has 0 heterocycles. The highest BCUT2D eigenvalue weighted by molar-refractivity contribution is 5.33. The van der Waals surface area contributed by atoms with Crippen LogP contribution in [0.4, 0.5) is 0 Å². The predicted molar refractivity (Wildman–Crippen MR) is 81.6 cm³/mol. The molecule has 0 aliphatic rings. The second-order valence-corrected chi connectivity index (χ2v) is 5.71. The van der Waals surface area contributed by atoms with Gasteiger partial charge in [0.1, 0.15) is 5.75 Å². The minimum atomic E-state index is 0.227. The van der Waals surface area contributed by atoms with Gasteiger partial charge in [0.05, 0.1) is 7.11 Å². The van der Waals surface area contributed by atoms with Crippen molar-refractivity contribution in [3.8, 4) is 5.75 Å². The SMILES string of the molecule is COc1ccccc1CC(C)N(C)CC(N)C(C)C. The second-order valence-electron chi connectivity index (χ2n) is 5.71. The summed E-state index contributed by atoms with van der Waals surface area (Å²) in [7, 11) is 3.87. The Hall–Kier alpha value is -1.06. The molecule has 1 rings (SSSR count). The van der Waals surface area contributed by atoms with Crippen LogP contribution in [0.3, 0.4) is 0 Å². The van der Waals surface area contributed by atoms with Gasteiger partial charge >= 0.3 is 0 Å². The Morgan fingerprint density at radius 3 is 2.42 bits per heavy atom. The fourth-order valence-electron chi connectivity index (χ4n) is 2.07. The number of para-hydroxylation sites is 1. The molecule has 3 heteroatoms. The third-order valence-electron chi connectivity index (χ3n) is 3.82. The van der Waals surface area contributed by atoms with Gasteiger partial charge in [0.2, 0.25) is 0 Å². The number of hydrogen-bond donors (Lipinski definition) is 1. The van der Waals surface area contributed by atoms with Gasteiger partial charge < -0.3 is 15.4 Å². The van der Waals surface area contributed by atoms with E-state index in [1.165, 1.54) is 5.56 Å². The van der Waals surface area contributed by atoms with Gasteiger partial charge in [-0.2, -0.15) is 0 Å². The Morgan fingerprint density at radius 1 is 1.21 bits per heavy atom. The van der Waals surface area contributed by atoms with Crippen LogP contribution in [0, 0.1) is 5.92 Å². The molecule has 0 fully saturated rings. The molecule has 2 unspecified atom stereocenters. The molecule has 108 valence electrons. The summed E-state index contributed by atoms with van der Waals surface area (Å²) in [4.78, 5) is 2.33. The highest BCUT2D eigenvalue weighted by Crippen LogP contribution is 2.20. The van der Waals surface area contributed by atoms with Crippen molar-refractivity contribution in [1.82, 2.24) is 4.90 Å². The first kappa shape index (κ1) is 16.0. The fourth-order valence-corrected chi connectivity index (χ4v) is 2.07. The zero-order chi connectivity index (χ0) is 14.4. The van der Waals surface area contributed by atoms with Crippen molar-refractivity contribution in [3.05, 3.63) is 29.8 Å². The van der Waals surface area contributed by atoms with Crippen LogP contribution in [0.2, 0.25) is 0 Å². The lowest BCUT2D eigenvalue weighted by atomic mass is 10.0. The van der Waals surface area contributed by atoms with E-state index >= 15 is 0 Å². The summed E-state index contributed by atoms with van der Waals surface area (Å²) in [5.74, 6) is 1.48. The molecular weight excluding hydrogens is 236 g/mol. The zero-order valence-electron chi connectivity index (χ0n) is 12.9. The van der Waals surface area contributed by atoms with E-state index in [0.29, 0.717) is 12.0 Å². The van der Waals surface area contributed by atoms with Crippen LogP contribution in [0.25, 0.3) is 0 Å². The monoisotopic (exact) mass is 264 g/mol. The van der Waals surface area contributed by atoms with Crippen LogP contribution < -0.4 is 10.5 Å². The lowest BCUT2D eigenvalue weighted by Crippen LogP contribution is -2.43. The first-order chi connectivity index (χ1) is 8.95. The van der Waals surface area contributed by atoms with E-state index in [1.807, 2.05) is 12.1 Å². The van der Waals surface area contributed by atoms with Crippen molar-refractivity contribution in [1.29, 1.82) is 0 Å². The summed E-state index contributed by atoms with van der Waals surface area (Å²) in [5.41, 5.74) is 7.39. The number of likely N-dealkylation sites (N-methyl/N-ethyl adjacent to an activating group) is 1. The van der Waals surface area contributed by atoms with Gasteiger partial charge in [0.15, 0.2) is 0 Å². The molecule has 0 spiro atoms. The van der Waals surface area contributed by atoms with E-state index in [2.05, 4.69) is 44.9 Å². The smallest absolute Gasteiger partial charge is 0.122 e. The Bertz CT molecular complexity index is 379. The van der Waals surface area contributed by atoms with Crippen LogP contribution >= 0.6 is 0 Å². The van der Waals surface area contributed by atoms with Gasteiger partial charge in [0.25, 0.3) is 0 Å². The number of benzene rings is 1. The molecule has 0 saturated heterocycles. The number of nitrogens with two attached hydrogens (primary N) is 1. The Labute approximate surface area is 117 Å². The summed E-state index contributed by atoms with van der Waals surface area (Å²) in [5, 5.41) is 0. The molecular formula is C16H28N2O. The molecule has 0 bridgehead atoms. The van der Waals surface area contributed by atoms with Crippen LogP contribution in [-0.4, -0.2) is 37.7 Å². The van der Waals surface area contributed by atoms with Gasteiger partial charge in [-0.1, -0.05) is 32.0 Å². The standard InChI is InChI=1S/C16H28N2O/c1-12(2)15(17)11-18(4)13(3)10-14-8-6-7-9-16(14)19-5/h6-9,12-13,15H,10-11,17H2,1-5H3. The van der Waals surface area contributed by atoms with E-state index < -0.39 is 0 Å². The molecule has 1 aromatic carbocycles. The fraction of sp³-hybridized carbons (Fsp3) is 0.625. The normalized spacial score (nSPS) is 14.7. The highest BCUT2D eigenvalue weighted by atomic mass is 16.5. The molecule has 0 aliphatic heterocycles. The maximum Gasteiger partial charge on any atom is 0.122 e. The molecule has 0 radical (unpaired) electrons. The predicted octanol–water partition coefficient (Wildman–Crippen LogP) is 2.54. The number of methoxy groups -OCH3 is 1. The summed E-state index contributed by atoms with van der Waals surface area (Å²) in [6, 6.07) is 8.88. The van der Waals surface area contributed by atoms with Crippen molar-refractivity contribution in [3.63, 3.8) is 0 Å². The molecule has 2 N–H and O–H groups in total. The number of rotatable bonds is 7. The molecule has 2 atom stereocenters. The first-order valence-corrected chi connectivity index (χ1v) is 7.03. The summed E-state index contributed by atoms with van der Waals surface area (Å²) < 4.78 is 5.40. The summed E-state index contributed by atoms with van der Waals surface area (Å²) >= 11 is 0. The Balaban J connectivity index is 2.61. The van der Waals surface area contributed by atoms with E-state index in [-0.39, 0.29) is 6.04 Å². The zero-order valence-corrected chi connectivity index (χ0v) is 12.9. The molecule has 0 aromatic heterocycles. The molecule has 19 heavy (non-hydrogen) atoms. The second kappa shape index (κ2) is 7.51. The largest absolute Gasteiger partial charge is 0.496 e. The summed E-state index contributed by atoms with van der Waals surface area (Å²) in [6.45, 7) is 7.50.